The van der Waals surface area contributed by atoms with Crippen LogP contribution in [0.4, 0.5) is 10.2 Å². The number of benzene rings is 2. The number of hydrogen-bond acceptors (Lipinski definition) is 7. The number of rotatable bonds is 6. The number of likely N-dealkylation sites (tertiary alicyclic amines) is 1. The smallest absolute Gasteiger partial charge is 0.164 e. The van der Waals surface area contributed by atoms with E-state index in [1.54, 1.807) is 0 Å². The van der Waals surface area contributed by atoms with Crippen molar-refractivity contribution in [2.45, 2.75) is 37.5 Å². The van der Waals surface area contributed by atoms with E-state index in [4.69, 9.17) is 12.7 Å². The normalized spacial score (nSPS) is 22.2. The van der Waals surface area contributed by atoms with Crippen molar-refractivity contribution in [3.8, 4) is 22.8 Å². The van der Waals surface area contributed by atoms with Gasteiger partial charge in [0.1, 0.15) is 35.5 Å². The Morgan fingerprint density at radius 2 is 1.78 bits per heavy atom. The van der Waals surface area contributed by atoms with Crippen molar-refractivity contribution in [3.63, 3.8) is 0 Å². The Labute approximate surface area is 212 Å². The maximum atomic E-state index is 14.5. The summed E-state index contributed by atoms with van der Waals surface area (Å²) in [5.74, 6) is 1.62. The Balaban J connectivity index is 1.30. The first kappa shape index (κ1) is 20.6. The fraction of sp³-hybridized carbons (Fsp3) is 0.370. The number of ether oxygens (including phenoxy) is 1. The van der Waals surface area contributed by atoms with Gasteiger partial charge in [0.05, 0.1) is 11.4 Å². The van der Waals surface area contributed by atoms with Gasteiger partial charge < -0.3 is 15.8 Å². The summed E-state index contributed by atoms with van der Waals surface area (Å²) < 4.78 is 38.3. The predicted octanol–water partition coefficient (Wildman–Crippen LogP) is 4.20. The lowest BCUT2D eigenvalue weighted by Crippen LogP contribution is -2.53. The average Bonchev–Trinajstić information content (AvgIpc) is 3.34. The number of fused-ring (bicyclic) bond motifs is 1. The topological polar surface area (TPSA) is 94.1 Å². The van der Waals surface area contributed by atoms with E-state index in [0.717, 1.165) is 50.2 Å². The molecule has 2 aliphatic rings. The van der Waals surface area contributed by atoms with Crippen LogP contribution in [0.1, 0.15) is 25.3 Å². The van der Waals surface area contributed by atoms with Gasteiger partial charge in [-0.2, -0.15) is 5.10 Å². The van der Waals surface area contributed by atoms with E-state index in [0.29, 0.717) is 34.7 Å². The number of nitrogen functional groups attached to an aromatic ring is 1. The molecule has 2 aromatic carbocycles. The molecule has 0 aliphatic carbocycles. The van der Waals surface area contributed by atoms with Crippen LogP contribution in [0.25, 0.3) is 22.3 Å². The molecule has 2 saturated heterocycles. The Kier molecular flexibility index (Phi) is 5.63. The van der Waals surface area contributed by atoms with E-state index in [1.165, 1.54) is 6.33 Å². The maximum absolute atomic E-state index is 14.5. The van der Waals surface area contributed by atoms with Gasteiger partial charge in [-0.15, -0.1) is 0 Å². The van der Waals surface area contributed by atoms with Crippen molar-refractivity contribution >= 4 is 16.9 Å². The summed E-state index contributed by atoms with van der Waals surface area (Å²) in [4.78, 5) is 11.0. The largest absolute Gasteiger partial charge is 0.457 e. The first-order valence-electron chi connectivity index (χ1n) is 13.4. The molecule has 2 unspecified atom stereocenters. The van der Waals surface area contributed by atoms with Gasteiger partial charge in [-0.1, -0.05) is 18.2 Å². The highest BCUT2D eigenvalue weighted by Gasteiger charge is 2.34. The van der Waals surface area contributed by atoms with Crippen molar-refractivity contribution < 1.29 is 12.0 Å². The van der Waals surface area contributed by atoms with Gasteiger partial charge in [0.2, 0.25) is 0 Å². The molecule has 3 N–H and O–H groups in total. The Bertz CT molecular complexity index is 1380. The van der Waals surface area contributed by atoms with Crippen LogP contribution in [-0.2, 0) is 0 Å². The maximum Gasteiger partial charge on any atom is 0.164 e. The van der Waals surface area contributed by atoms with Crippen molar-refractivity contribution in [2.75, 3.05) is 31.9 Å². The molecule has 9 heteroatoms. The molecule has 0 saturated carbocycles. The molecule has 2 atom stereocenters. The molecule has 4 aromatic rings. The third-order valence-corrected chi connectivity index (χ3v) is 7.26. The molecule has 36 heavy (non-hydrogen) atoms. The summed E-state index contributed by atoms with van der Waals surface area (Å²) in [6.45, 7) is 2.85. The van der Waals surface area contributed by atoms with Crippen LogP contribution in [0.3, 0.4) is 0 Å². The SMILES string of the molecule is [2H]N([2H])c1ncnc2c1c(-c1ccc(Oc3ccccc3)cc1)nn2C1CCN(C2CCNCC2F)CC1. The van der Waals surface area contributed by atoms with Crippen molar-refractivity contribution in [3.05, 3.63) is 60.9 Å². The minimum Gasteiger partial charge on any atom is -0.457 e. The predicted molar refractivity (Wildman–Crippen MR) is 138 cm³/mol. The Hall–Kier alpha value is -3.56. The molecule has 2 fully saturated rings. The summed E-state index contributed by atoms with van der Waals surface area (Å²) >= 11 is 0. The van der Waals surface area contributed by atoms with Crippen LogP contribution in [-0.4, -0.2) is 63.0 Å². The number of nitrogens with zero attached hydrogens (tertiary/aromatic N) is 5. The zero-order valence-corrected chi connectivity index (χ0v) is 19.9. The number of nitrogens with one attached hydrogen (secondary N) is 1. The first-order chi connectivity index (χ1) is 18.6. The van der Waals surface area contributed by atoms with Gasteiger partial charge >= 0.3 is 0 Å². The lowest BCUT2D eigenvalue weighted by Gasteiger charge is -2.40. The number of para-hydroxylation sites is 1. The summed E-state index contributed by atoms with van der Waals surface area (Å²) in [6, 6.07) is 17.2. The van der Waals surface area contributed by atoms with Gasteiger partial charge in [-0.25, -0.2) is 19.0 Å². The zero-order chi connectivity index (χ0) is 26.1. The zero-order valence-electron chi connectivity index (χ0n) is 21.9. The van der Waals surface area contributed by atoms with Crippen molar-refractivity contribution in [2.24, 2.45) is 0 Å². The van der Waals surface area contributed by atoms with E-state index in [-0.39, 0.29) is 17.9 Å². The van der Waals surface area contributed by atoms with Gasteiger partial charge in [0, 0.05) is 31.2 Å². The van der Waals surface area contributed by atoms with E-state index >= 15 is 0 Å². The van der Waals surface area contributed by atoms with Crippen LogP contribution in [0, 0.1) is 0 Å². The molecule has 2 aliphatic heterocycles. The number of alkyl halides is 1. The lowest BCUT2D eigenvalue weighted by atomic mass is 9.97. The molecule has 0 radical (unpaired) electrons. The molecule has 186 valence electrons. The Morgan fingerprint density at radius 3 is 2.53 bits per heavy atom. The van der Waals surface area contributed by atoms with Crippen LogP contribution >= 0.6 is 0 Å². The van der Waals surface area contributed by atoms with Crippen LogP contribution in [0.5, 0.6) is 11.5 Å². The van der Waals surface area contributed by atoms with Gasteiger partial charge in [0.15, 0.2) is 8.47 Å². The number of anilines is 1. The third kappa shape index (κ3) is 4.40. The molecule has 2 aromatic heterocycles. The average molecular weight is 490 g/mol. The van der Waals surface area contributed by atoms with Crippen LogP contribution in [0.2, 0.25) is 2.82 Å². The fourth-order valence-electron chi connectivity index (χ4n) is 5.40. The molecule has 0 spiro atoms. The summed E-state index contributed by atoms with van der Waals surface area (Å²) in [5.41, 5.74) is 2.55. The molecule has 0 amide bonds. The molecule has 6 rings (SSSR count). The summed E-state index contributed by atoms with van der Waals surface area (Å²) in [5, 5.41) is 8.67. The van der Waals surface area contributed by atoms with Gasteiger partial charge in [-0.05, 0) is 62.2 Å². The van der Waals surface area contributed by atoms with Crippen molar-refractivity contribution in [1.29, 1.82) is 0 Å². The van der Waals surface area contributed by atoms with E-state index in [2.05, 4.69) is 20.2 Å². The molecular formula is C27H30FN7O. The number of aromatic nitrogens is 4. The summed E-state index contributed by atoms with van der Waals surface area (Å²) in [6.07, 6.45) is 3.00. The standard InChI is InChI=1S/C27H30FN7O/c28-22-16-30-13-10-23(22)34-14-11-19(12-15-34)35-27-24(26(29)31-17-32-27)25(33-35)18-6-8-21(9-7-18)36-20-4-2-1-3-5-20/h1-9,17,19,22-23,30H,10-16H2,(H2,29,31,32)/i/hD2. The van der Waals surface area contributed by atoms with Crippen LogP contribution in [0.15, 0.2) is 60.9 Å². The second-order valence-electron chi connectivity index (χ2n) is 9.47. The number of hydrogen-bond donors (Lipinski definition) is 2. The van der Waals surface area contributed by atoms with Gasteiger partial charge in [-0.3, -0.25) is 4.90 Å². The molecule has 0 bridgehead atoms. The highest BCUT2D eigenvalue weighted by Crippen LogP contribution is 2.35. The van der Waals surface area contributed by atoms with E-state index in [9.17, 15) is 4.39 Å². The number of nitrogens with two attached hydrogens (primary N) is 1. The second-order valence-corrected chi connectivity index (χ2v) is 9.47. The highest BCUT2D eigenvalue weighted by atomic mass is 19.1. The van der Waals surface area contributed by atoms with E-state index < -0.39 is 6.17 Å². The number of piperidine rings is 2. The van der Waals surface area contributed by atoms with Gasteiger partial charge in [0.25, 0.3) is 0 Å². The minimum atomic E-state index is -0.846. The summed E-state index contributed by atoms with van der Waals surface area (Å²) in [7, 11) is 0. The minimum absolute atomic E-state index is 0.0344. The quantitative estimate of drug-likeness (QED) is 0.419. The van der Waals surface area contributed by atoms with Crippen LogP contribution < -0.4 is 15.8 Å². The van der Waals surface area contributed by atoms with E-state index in [1.807, 2.05) is 59.3 Å². The first-order valence-corrected chi connectivity index (χ1v) is 12.5. The molecule has 8 nitrogen and oxygen atoms in total. The Morgan fingerprint density at radius 1 is 1.00 bits per heavy atom. The van der Waals surface area contributed by atoms with Crippen molar-refractivity contribution in [1.82, 2.24) is 30.0 Å². The monoisotopic (exact) mass is 489 g/mol. The fourth-order valence-corrected chi connectivity index (χ4v) is 5.40. The highest BCUT2D eigenvalue weighted by molar-refractivity contribution is 5.98. The lowest BCUT2D eigenvalue weighted by molar-refractivity contribution is 0.0564. The number of halogens is 1. The molecular weight excluding hydrogens is 457 g/mol. The molecule has 4 heterocycles. The second kappa shape index (κ2) is 9.83. The third-order valence-electron chi connectivity index (χ3n) is 7.26.